The van der Waals surface area contributed by atoms with Gasteiger partial charge < -0.3 is 4.90 Å². The number of nitrogens with zero attached hydrogens (tertiary/aromatic N) is 4. The molecule has 1 amide bonds. The van der Waals surface area contributed by atoms with Crippen LogP contribution in [0.15, 0.2) is 6.08 Å². The maximum atomic E-state index is 12.3. The monoisotopic (exact) mass is 388 g/mol. The summed E-state index contributed by atoms with van der Waals surface area (Å²) in [5, 5.41) is 4.94. The van der Waals surface area contributed by atoms with Crippen LogP contribution in [-0.2, 0) is 21.4 Å². The molecule has 1 fully saturated rings. The Labute approximate surface area is 154 Å². The van der Waals surface area contributed by atoms with Crippen LogP contribution in [0.1, 0.15) is 25.1 Å². The molecule has 0 N–H and O–H groups in total. The molecule has 0 bridgehead atoms. The molecule has 1 aromatic heterocycles. The molecule has 1 aliphatic rings. The molecule has 7 nitrogen and oxygen atoms in total. The van der Waals surface area contributed by atoms with Crippen molar-refractivity contribution in [2.24, 2.45) is 5.92 Å². The normalized spacial score (nSPS) is 17.0. The Morgan fingerprint density at radius 1 is 1.28 bits per heavy atom. The maximum Gasteiger partial charge on any atom is 0.246 e. The Hall–Kier alpha value is -1.38. The highest BCUT2D eigenvalue weighted by atomic mass is 35.5. The third-order valence-corrected chi connectivity index (χ3v) is 5.76. The summed E-state index contributed by atoms with van der Waals surface area (Å²) >= 11 is 6.36. The van der Waals surface area contributed by atoms with Crippen LogP contribution in [0.2, 0.25) is 5.15 Å². The molecule has 0 radical (unpaired) electrons. The van der Waals surface area contributed by atoms with E-state index >= 15 is 0 Å². The highest BCUT2D eigenvalue weighted by Crippen LogP contribution is 2.22. The molecule has 25 heavy (non-hydrogen) atoms. The highest BCUT2D eigenvalue weighted by Gasteiger charge is 2.25. The van der Waals surface area contributed by atoms with E-state index in [4.69, 9.17) is 11.6 Å². The van der Waals surface area contributed by atoms with Crippen molar-refractivity contribution in [3.8, 4) is 0 Å². The van der Waals surface area contributed by atoms with Crippen molar-refractivity contribution in [1.29, 1.82) is 0 Å². The number of piperazine rings is 1. The molecule has 2 heterocycles. The Morgan fingerprint density at radius 3 is 2.40 bits per heavy atom. The zero-order valence-corrected chi connectivity index (χ0v) is 16.6. The van der Waals surface area contributed by atoms with Crippen LogP contribution in [-0.4, -0.2) is 65.7 Å². The van der Waals surface area contributed by atoms with Crippen LogP contribution in [0.25, 0.3) is 6.08 Å². The van der Waals surface area contributed by atoms with Gasteiger partial charge in [0.15, 0.2) is 0 Å². The lowest BCUT2D eigenvalue weighted by Gasteiger charge is -2.32. The SMILES string of the molecule is Cc1nn(CC(C)C)c(Cl)c1/C=C/C(=O)N1CCN(S(C)(=O)=O)CC1. The predicted molar refractivity (Wildman–Crippen MR) is 98.8 cm³/mol. The summed E-state index contributed by atoms with van der Waals surface area (Å²) in [5.41, 5.74) is 1.52. The second-order valence-corrected chi connectivity index (χ2v) is 9.03. The van der Waals surface area contributed by atoms with Gasteiger partial charge in [0.2, 0.25) is 15.9 Å². The topological polar surface area (TPSA) is 75.5 Å². The van der Waals surface area contributed by atoms with Gasteiger partial charge in [-0.1, -0.05) is 25.4 Å². The van der Waals surface area contributed by atoms with Crippen LogP contribution in [0.4, 0.5) is 0 Å². The van der Waals surface area contributed by atoms with E-state index in [1.54, 1.807) is 15.7 Å². The van der Waals surface area contributed by atoms with Crippen molar-refractivity contribution in [3.63, 3.8) is 0 Å². The zero-order chi connectivity index (χ0) is 18.8. The average Bonchev–Trinajstić information content (AvgIpc) is 2.77. The average molecular weight is 389 g/mol. The molecule has 0 unspecified atom stereocenters. The molecular formula is C16H25ClN4O3S. The Bertz CT molecular complexity index is 763. The number of aromatic nitrogens is 2. The number of rotatable bonds is 5. The first-order chi connectivity index (χ1) is 11.6. The molecule has 1 aromatic rings. The van der Waals surface area contributed by atoms with Crippen molar-refractivity contribution >= 4 is 33.6 Å². The first-order valence-corrected chi connectivity index (χ1v) is 10.5. The van der Waals surface area contributed by atoms with Gasteiger partial charge in [-0.15, -0.1) is 0 Å². The molecule has 1 aliphatic heterocycles. The minimum atomic E-state index is -3.20. The van der Waals surface area contributed by atoms with Gasteiger partial charge in [-0.25, -0.2) is 8.42 Å². The van der Waals surface area contributed by atoms with Gasteiger partial charge in [-0.2, -0.15) is 9.40 Å². The predicted octanol–water partition coefficient (Wildman–Crippen LogP) is 1.62. The molecule has 0 saturated carbocycles. The number of carbonyl (C=O) groups excluding carboxylic acids is 1. The number of hydrogen-bond donors (Lipinski definition) is 0. The quantitative estimate of drug-likeness (QED) is 0.718. The van der Waals surface area contributed by atoms with Crippen molar-refractivity contribution in [1.82, 2.24) is 19.0 Å². The smallest absolute Gasteiger partial charge is 0.246 e. The molecule has 140 valence electrons. The van der Waals surface area contributed by atoms with E-state index in [2.05, 4.69) is 18.9 Å². The summed E-state index contributed by atoms with van der Waals surface area (Å²) in [5.74, 6) is 0.265. The van der Waals surface area contributed by atoms with Gasteiger partial charge in [-0.05, 0) is 18.9 Å². The van der Waals surface area contributed by atoms with Crippen LogP contribution in [0.5, 0.6) is 0 Å². The van der Waals surface area contributed by atoms with E-state index in [-0.39, 0.29) is 5.91 Å². The Kier molecular flexibility index (Phi) is 6.29. The Morgan fingerprint density at radius 2 is 1.88 bits per heavy atom. The first kappa shape index (κ1) is 19.9. The molecule has 0 aromatic carbocycles. The lowest BCUT2D eigenvalue weighted by atomic mass is 10.2. The van der Waals surface area contributed by atoms with Crippen LogP contribution in [0, 0.1) is 12.8 Å². The number of amides is 1. The van der Waals surface area contributed by atoms with E-state index in [0.717, 1.165) is 17.8 Å². The standard InChI is InChI=1S/C16H25ClN4O3S/c1-12(2)11-21-16(17)14(13(3)18-21)5-6-15(22)19-7-9-20(10-8-19)25(4,23)24/h5-6,12H,7-11H2,1-4H3/b6-5+. The molecular weight excluding hydrogens is 364 g/mol. The third-order valence-electron chi connectivity index (χ3n) is 4.06. The molecule has 2 rings (SSSR count). The van der Waals surface area contributed by atoms with Crippen LogP contribution >= 0.6 is 11.6 Å². The highest BCUT2D eigenvalue weighted by molar-refractivity contribution is 7.88. The number of halogens is 1. The summed E-state index contributed by atoms with van der Waals surface area (Å²) in [6, 6.07) is 0. The summed E-state index contributed by atoms with van der Waals surface area (Å²) in [7, 11) is -3.20. The van der Waals surface area contributed by atoms with E-state index < -0.39 is 10.0 Å². The largest absolute Gasteiger partial charge is 0.337 e. The van der Waals surface area contributed by atoms with E-state index in [1.807, 2.05) is 6.92 Å². The van der Waals surface area contributed by atoms with E-state index in [1.165, 1.54) is 16.6 Å². The number of aryl methyl sites for hydroxylation is 1. The van der Waals surface area contributed by atoms with E-state index in [0.29, 0.717) is 37.3 Å². The first-order valence-electron chi connectivity index (χ1n) is 8.24. The van der Waals surface area contributed by atoms with Gasteiger partial charge >= 0.3 is 0 Å². The molecule has 9 heteroatoms. The number of carbonyl (C=O) groups is 1. The maximum absolute atomic E-state index is 12.3. The minimum Gasteiger partial charge on any atom is -0.337 e. The fraction of sp³-hybridized carbons (Fsp3) is 0.625. The number of sulfonamides is 1. The van der Waals surface area contributed by atoms with E-state index in [9.17, 15) is 13.2 Å². The fourth-order valence-electron chi connectivity index (χ4n) is 2.72. The van der Waals surface area contributed by atoms with Crippen molar-refractivity contribution in [2.45, 2.75) is 27.3 Å². The fourth-order valence-corrected chi connectivity index (χ4v) is 3.86. The summed E-state index contributed by atoms with van der Waals surface area (Å²) in [4.78, 5) is 14.0. The van der Waals surface area contributed by atoms with Crippen molar-refractivity contribution in [2.75, 3.05) is 32.4 Å². The lowest BCUT2D eigenvalue weighted by molar-refractivity contribution is -0.127. The minimum absolute atomic E-state index is 0.153. The summed E-state index contributed by atoms with van der Waals surface area (Å²) in [6.45, 7) is 8.16. The van der Waals surface area contributed by atoms with Gasteiger partial charge in [0, 0.05) is 44.4 Å². The van der Waals surface area contributed by atoms with Gasteiger partial charge in [-0.3, -0.25) is 9.48 Å². The molecule has 0 atom stereocenters. The molecule has 0 spiro atoms. The summed E-state index contributed by atoms with van der Waals surface area (Å²) in [6.07, 6.45) is 4.35. The van der Waals surface area contributed by atoms with Crippen molar-refractivity contribution in [3.05, 3.63) is 22.5 Å². The number of hydrogen-bond acceptors (Lipinski definition) is 4. The zero-order valence-electron chi connectivity index (χ0n) is 15.1. The Balaban J connectivity index is 2.03. The van der Waals surface area contributed by atoms with Crippen molar-refractivity contribution < 1.29 is 13.2 Å². The van der Waals surface area contributed by atoms with Crippen LogP contribution < -0.4 is 0 Å². The second-order valence-electron chi connectivity index (χ2n) is 6.69. The lowest BCUT2D eigenvalue weighted by Crippen LogP contribution is -2.49. The molecule has 1 saturated heterocycles. The second kappa shape index (κ2) is 7.88. The van der Waals surface area contributed by atoms with Gasteiger partial charge in [0.25, 0.3) is 0 Å². The third kappa shape index (κ3) is 5.05. The molecule has 0 aliphatic carbocycles. The van der Waals surface area contributed by atoms with Crippen LogP contribution in [0.3, 0.4) is 0 Å². The van der Waals surface area contributed by atoms with Gasteiger partial charge in [0.1, 0.15) is 5.15 Å². The van der Waals surface area contributed by atoms with Gasteiger partial charge in [0.05, 0.1) is 11.9 Å². The summed E-state index contributed by atoms with van der Waals surface area (Å²) < 4.78 is 26.2.